The molecule has 4 nitrogen and oxygen atoms in total. The second-order valence-corrected chi connectivity index (χ2v) is 8.48. The number of ether oxygens (including phenoxy) is 1. The highest BCUT2D eigenvalue weighted by Crippen LogP contribution is 2.37. The van der Waals surface area contributed by atoms with Gasteiger partial charge in [-0.2, -0.15) is 0 Å². The summed E-state index contributed by atoms with van der Waals surface area (Å²) >= 11 is 7.57. The molecular weight excluding hydrogens is 392 g/mol. The van der Waals surface area contributed by atoms with Crippen LogP contribution in [0.4, 0.5) is 0 Å². The van der Waals surface area contributed by atoms with E-state index in [2.05, 4.69) is 28.5 Å². The van der Waals surface area contributed by atoms with E-state index in [9.17, 15) is 4.79 Å². The van der Waals surface area contributed by atoms with E-state index in [0.717, 1.165) is 32.7 Å². The van der Waals surface area contributed by atoms with E-state index in [4.69, 9.17) is 16.3 Å². The smallest absolute Gasteiger partial charge is 0.268 e. The van der Waals surface area contributed by atoms with Crippen LogP contribution in [0, 0.1) is 6.92 Å². The van der Waals surface area contributed by atoms with Crippen LogP contribution in [0.25, 0.3) is 10.9 Å². The van der Waals surface area contributed by atoms with Crippen LogP contribution in [0.1, 0.15) is 36.3 Å². The van der Waals surface area contributed by atoms with Crippen LogP contribution in [0.5, 0.6) is 0 Å². The first-order chi connectivity index (χ1) is 13.4. The Kier molecular flexibility index (Phi) is 7.05. The second-order valence-electron chi connectivity index (χ2n) is 6.96. The fraction of sp³-hybridized carbons (Fsp3) is 0.318. The minimum Gasteiger partial charge on any atom is -0.379 e. The average Bonchev–Trinajstić information content (AvgIpc) is 3.00. The molecule has 0 saturated carbocycles. The molecule has 0 aliphatic rings. The first kappa shape index (κ1) is 20.8. The molecule has 0 unspecified atom stereocenters. The van der Waals surface area contributed by atoms with Crippen LogP contribution in [0.15, 0.2) is 52.3 Å². The Morgan fingerprint density at radius 1 is 1.21 bits per heavy atom. The van der Waals surface area contributed by atoms with Gasteiger partial charge in [-0.05, 0) is 63.1 Å². The minimum absolute atomic E-state index is 0.102. The van der Waals surface area contributed by atoms with Gasteiger partial charge in [0.05, 0.1) is 11.0 Å². The quantitative estimate of drug-likeness (QED) is 0.454. The molecule has 0 saturated heterocycles. The lowest BCUT2D eigenvalue weighted by molar-refractivity contribution is 0.0756. The third kappa shape index (κ3) is 5.31. The minimum atomic E-state index is -0.102. The lowest BCUT2D eigenvalue weighted by atomic mass is 10.2. The first-order valence-corrected chi connectivity index (χ1v) is 10.6. The Bertz CT molecular complexity index is 951. The number of carbonyl (C=O) groups excluding carboxylic acids is 1. The van der Waals surface area contributed by atoms with E-state index in [-0.39, 0.29) is 12.0 Å². The number of aryl methyl sites for hydroxylation is 1. The van der Waals surface area contributed by atoms with Gasteiger partial charge in [-0.15, -0.1) is 0 Å². The summed E-state index contributed by atoms with van der Waals surface area (Å²) in [6, 6.07) is 13.8. The zero-order chi connectivity index (χ0) is 20.1. The number of benzene rings is 2. The summed E-state index contributed by atoms with van der Waals surface area (Å²) in [5.41, 5.74) is 2.70. The maximum atomic E-state index is 12.8. The van der Waals surface area contributed by atoms with Gasteiger partial charge in [0.2, 0.25) is 0 Å². The number of fused-ring (bicyclic) bond motifs is 1. The van der Waals surface area contributed by atoms with Crippen molar-refractivity contribution in [3.05, 3.63) is 58.7 Å². The Balaban J connectivity index is 1.81. The number of amides is 1. The lowest BCUT2D eigenvalue weighted by Gasteiger charge is -2.09. The molecule has 0 spiro atoms. The molecule has 6 heteroatoms. The number of carbonyl (C=O) groups is 1. The Hall–Kier alpha value is -1.95. The van der Waals surface area contributed by atoms with Crippen LogP contribution in [-0.2, 0) is 4.74 Å². The van der Waals surface area contributed by atoms with Gasteiger partial charge in [-0.3, -0.25) is 4.79 Å². The highest BCUT2D eigenvalue weighted by Gasteiger charge is 2.19. The van der Waals surface area contributed by atoms with Crippen molar-refractivity contribution in [2.45, 2.75) is 43.1 Å². The zero-order valence-electron chi connectivity index (χ0n) is 16.3. The number of hydrogen-bond donors (Lipinski definition) is 2. The second kappa shape index (κ2) is 9.50. The van der Waals surface area contributed by atoms with E-state index in [1.807, 2.05) is 45.0 Å². The maximum Gasteiger partial charge on any atom is 0.268 e. The molecule has 1 amide bonds. The van der Waals surface area contributed by atoms with Crippen LogP contribution in [-0.4, -0.2) is 30.1 Å². The molecule has 3 aromatic rings. The molecule has 1 aromatic heterocycles. The first-order valence-electron chi connectivity index (χ1n) is 9.39. The molecule has 0 aliphatic heterocycles. The van der Waals surface area contributed by atoms with E-state index >= 15 is 0 Å². The summed E-state index contributed by atoms with van der Waals surface area (Å²) in [5, 5.41) is 4.73. The molecule has 0 atom stereocenters. The van der Waals surface area contributed by atoms with Gasteiger partial charge in [0.15, 0.2) is 0 Å². The van der Waals surface area contributed by atoms with Crippen molar-refractivity contribution < 1.29 is 9.53 Å². The average molecular weight is 417 g/mol. The molecule has 0 radical (unpaired) electrons. The van der Waals surface area contributed by atoms with Gasteiger partial charge < -0.3 is 15.0 Å². The maximum absolute atomic E-state index is 12.8. The molecule has 2 N–H and O–H groups in total. The van der Waals surface area contributed by atoms with Crippen LogP contribution in [0.3, 0.4) is 0 Å². The van der Waals surface area contributed by atoms with Crippen LogP contribution < -0.4 is 5.32 Å². The fourth-order valence-corrected chi connectivity index (χ4v) is 4.02. The molecule has 28 heavy (non-hydrogen) atoms. The predicted octanol–water partition coefficient (Wildman–Crippen LogP) is 5.83. The highest BCUT2D eigenvalue weighted by atomic mass is 35.5. The zero-order valence-corrected chi connectivity index (χ0v) is 17.9. The number of nitrogens with one attached hydrogen (secondary N) is 2. The Morgan fingerprint density at radius 2 is 1.96 bits per heavy atom. The highest BCUT2D eigenvalue weighted by molar-refractivity contribution is 7.99. The lowest BCUT2D eigenvalue weighted by Crippen LogP contribution is -2.26. The molecule has 3 rings (SSSR count). The normalized spacial score (nSPS) is 11.3. The predicted molar refractivity (Wildman–Crippen MR) is 117 cm³/mol. The summed E-state index contributed by atoms with van der Waals surface area (Å²) < 4.78 is 5.53. The SMILES string of the molecule is Cc1ccc2c(Sc3ccc(Cl)cc3)c(C(=O)NCCCOC(C)C)[nH]c2c1. The van der Waals surface area contributed by atoms with Gasteiger partial charge in [0, 0.05) is 34.0 Å². The Morgan fingerprint density at radius 3 is 2.68 bits per heavy atom. The summed E-state index contributed by atoms with van der Waals surface area (Å²) in [5.74, 6) is -0.102. The van der Waals surface area contributed by atoms with Gasteiger partial charge in [0.25, 0.3) is 5.91 Å². The van der Waals surface area contributed by atoms with Gasteiger partial charge >= 0.3 is 0 Å². The fourth-order valence-electron chi connectivity index (χ4n) is 2.85. The van der Waals surface area contributed by atoms with Crippen molar-refractivity contribution in [3.8, 4) is 0 Å². The molecule has 2 aromatic carbocycles. The van der Waals surface area contributed by atoms with Crippen LogP contribution >= 0.6 is 23.4 Å². The van der Waals surface area contributed by atoms with Crippen LogP contribution in [0.2, 0.25) is 5.02 Å². The summed E-state index contributed by atoms with van der Waals surface area (Å²) in [6.45, 7) is 7.26. The van der Waals surface area contributed by atoms with Crippen molar-refractivity contribution in [1.82, 2.24) is 10.3 Å². The third-order valence-corrected chi connectivity index (χ3v) is 5.61. The molecule has 0 fully saturated rings. The van der Waals surface area contributed by atoms with Gasteiger partial charge in [-0.1, -0.05) is 35.5 Å². The van der Waals surface area contributed by atoms with E-state index in [1.165, 1.54) is 0 Å². The number of rotatable bonds is 8. The third-order valence-electron chi connectivity index (χ3n) is 4.22. The van der Waals surface area contributed by atoms with E-state index in [1.54, 1.807) is 11.8 Å². The topological polar surface area (TPSA) is 54.1 Å². The number of halogens is 1. The molecule has 148 valence electrons. The van der Waals surface area contributed by atoms with Crippen molar-refractivity contribution >= 4 is 40.2 Å². The number of aromatic nitrogens is 1. The molecule has 0 bridgehead atoms. The summed E-state index contributed by atoms with van der Waals surface area (Å²) in [4.78, 5) is 18.1. The van der Waals surface area contributed by atoms with E-state index in [0.29, 0.717) is 23.9 Å². The largest absolute Gasteiger partial charge is 0.379 e. The monoisotopic (exact) mass is 416 g/mol. The molecule has 1 heterocycles. The number of hydrogen-bond acceptors (Lipinski definition) is 3. The van der Waals surface area contributed by atoms with Crippen molar-refractivity contribution in [3.63, 3.8) is 0 Å². The summed E-state index contributed by atoms with van der Waals surface area (Å²) in [7, 11) is 0. The van der Waals surface area contributed by atoms with Crippen molar-refractivity contribution in [2.24, 2.45) is 0 Å². The van der Waals surface area contributed by atoms with E-state index < -0.39 is 0 Å². The number of H-pyrrole nitrogens is 1. The molecule has 0 aliphatic carbocycles. The van der Waals surface area contributed by atoms with Gasteiger partial charge in [-0.25, -0.2) is 0 Å². The number of aromatic amines is 1. The standard InChI is InChI=1S/C22H25ClN2O2S/c1-14(2)27-12-4-11-24-22(26)20-21(28-17-8-6-16(23)7-9-17)18-10-5-15(3)13-19(18)25-20/h5-10,13-14,25H,4,11-12H2,1-3H3,(H,24,26). The summed E-state index contributed by atoms with van der Waals surface area (Å²) in [6.07, 6.45) is 0.984. The Labute approximate surface area is 175 Å². The molecular formula is C22H25ClN2O2S. The van der Waals surface area contributed by atoms with Crippen molar-refractivity contribution in [2.75, 3.05) is 13.2 Å². The van der Waals surface area contributed by atoms with Gasteiger partial charge in [0.1, 0.15) is 5.69 Å². The van der Waals surface area contributed by atoms with Crippen molar-refractivity contribution in [1.29, 1.82) is 0 Å².